The molecule has 0 heterocycles. The number of rotatable bonds is 11. The molecule has 0 radical (unpaired) electrons. The normalized spacial score (nSPS) is 12.2. The molecule has 0 aliphatic heterocycles. The van der Waals surface area contributed by atoms with E-state index >= 15 is 0 Å². The molecule has 10 heteroatoms. The minimum atomic E-state index is -4.44. The van der Waals surface area contributed by atoms with Gasteiger partial charge in [-0.15, -0.1) is 0 Å². The SMILES string of the molecule is COc1ccc(-c2ccc(S(=O)(=O)N(O)[C@H](CCNC(=O)Cc3ccccc3)C(N)=O)cc2)cc1. The van der Waals surface area contributed by atoms with E-state index in [0.29, 0.717) is 5.75 Å². The summed E-state index contributed by atoms with van der Waals surface area (Å²) in [5.41, 5.74) is 7.75. The molecule has 9 nitrogen and oxygen atoms in total. The second-order valence-electron chi connectivity index (χ2n) is 7.75. The Balaban J connectivity index is 1.65. The Hall–Kier alpha value is -3.73. The number of hydrogen-bond acceptors (Lipinski definition) is 6. The number of methoxy groups -OCH3 is 1. The molecule has 0 saturated heterocycles. The fourth-order valence-electron chi connectivity index (χ4n) is 3.43. The molecule has 3 rings (SSSR count). The second kappa shape index (κ2) is 11.6. The van der Waals surface area contributed by atoms with Gasteiger partial charge in [-0.2, -0.15) is 0 Å². The van der Waals surface area contributed by atoms with Gasteiger partial charge in [0.1, 0.15) is 11.8 Å². The lowest BCUT2D eigenvalue weighted by atomic mass is 10.1. The van der Waals surface area contributed by atoms with E-state index in [1.807, 2.05) is 30.3 Å². The van der Waals surface area contributed by atoms with Crippen LogP contribution < -0.4 is 15.8 Å². The first-order valence-corrected chi connectivity index (χ1v) is 12.2. The van der Waals surface area contributed by atoms with Gasteiger partial charge in [0, 0.05) is 6.54 Å². The lowest BCUT2D eigenvalue weighted by molar-refractivity contribution is -0.132. The number of primary amides is 1. The number of benzene rings is 3. The largest absolute Gasteiger partial charge is 0.497 e. The molecule has 1 atom stereocenters. The van der Waals surface area contributed by atoms with E-state index in [4.69, 9.17) is 10.5 Å². The number of carbonyl (C=O) groups excluding carboxylic acids is 2. The Morgan fingerprint density at radius 2 is 1.54 bits per heavy atom. The first-order valence-electron chi connectivity index (χ1n) is 10.8. The summed E-state index contributed by atoms with van der Waals surface area (Å²) < 4.78 is 30.9. The molecule has 4 N–H and O–H groups in total. The zero-order chi connectivity index (χ0) is 25.4. The summed E-state index contributed by atoms with van der Waals surface area (Å²) in [6.45, 7) is -0.0533. The summed E-state index contributed by atoms with van der Waals surface area (Å²) in [5, 5.41) is 13.0. The van der Waals surface area contributed by atoms with E-state index in [2.05, 4.69) is 5.32 Å². The van der Waals surface area contributed by atoms with Crippen LogP contribution in [0.5, 0.6) is 5.75 Å². The maximum Gasteiger partial charge on any atom is 0.265 e. The summed E-state index contributed by atoms with van der Waals surface area (Å²) in [5.74, 6) is -0.651. The molecule has 0 aromatic heterocycles. The van der Waals surface area contributed by atoms with Crippen molar-refractivity contribution in [3.05, 3.63) is 84.4 Å². The Bertz CT molecular complexity index is 1250. The third-order valence-corrected chi connectivity index (χ3v) is 6.98. The van der Waals surface area contributed by atoms with Crippen LogP contribution in [0.3, 0.4) is 0 Å². The zero-order valence-electron chi connectivity index (χ0n) is 19.1. The fraction of sp³-hybridized carbons (Fsp3) is 0.200. The number of hydroxylamine groups is 1. The lowest BCUT2D eigenvalue weighted by Gasteiger charge is -2.23. The molecule has 0 fully saturated rings. The van der Waals surface area contributed by atoms with Gasteiger partial charge in [0.2, 0.25) is 11.8 Å². The molecule has 3 aromatic carbocycles. The van der Waals surface area contributed by atoms with E-state index in [-0.39, 0.29) is 34.7 Å². The molecule has 0 aliphatic rings. The fourth-order valence-corrected chi connectivity index (χ4v) is 4.67. The van der Waals surface area contributed by atoms with E-state index in [1.54, 1.807) is 43.5 Å². The topological polar surface area (TPSA) is 139 Å². The molecule has 0 unspecified atom stereocenters. The summed E-state index contributed by atoms with van der Waals surface area (Å²) in [6.07, 6.45) is -0.0702. The molecule has 0 spiro atoms. The van der Waals surface area contributed by atoms with Crippen LogP contribution >= 0.6 is 0 Å². The number of amides is 2. The maximum atomic E-state index is 12.9. The standard InChI is InChI=1S/C25H27N3O6S/c1-34-21-11-7-19(8-12-21)20-9-13-22(14-10-20)35(32,33)28(31)23(25(26)30)15-16-27-24(29)17-18-5-3-2-4-6-18/h2-14,23,31H,15-17H2,1H3,(H2,26,30)(H,27,29)/t23-/m1/s1. The third kappa shape index (κ3) is 6.66. The highest BCUT2D eigenvalue weighted by molar-refractivity contribution is 7.89. The average molecular weight is 498 g/mol. The van der Waals surface area contributed by atoms with Gasteiger partial charge in [0.25, 0.3) is 10.0 Å². The quantitative estimate of drug-likeness (QED) is 0.348. The van der Waals surface area contributed by atoms with Crippen LogP contribution in [0.4, 0.5) is 0 Å². The smallest absolute Gasteiger partial charge is 0.265 e. The van der Waals surface area contributed by atoms with Gasteiger partial charge in [0.05, 0.1) is 18.4 Å². The number of nitrogens with one attached hydrogen (secondary N) is 1. The minimum Gasteiger partial charge on any atom is -0.497 e. The number of nitrogens with two attached hydrogens (primary N) is 1. The number of hydrogen-bond donors (Lipinski definition) is 3. The number of ether oxygens (including phenoxy) is 1. The van der Waals surface area contributed by atoms with Crippen molar-refractivity contribution < 1.29 is 28.0 Å². The number of carbonyl (C=O) groups is 2. The van der Waals surface area contributed by atoms with Crippen LogP contribution in [0.15, 0.2) is 83.8 Å². The molecule has 0 bridgehead atoms. The predicted molar refractivity (Wildman–Crippen MR) is 130 cm³/mol. The number of nitrogens with zero attached hydrogens (tertiary/aromatic N) is 1. The van der Waals surface area contributed by atoms with E-state index in [9.17, 15) is 23.2 Å². The van der Waals surface area contributed by atoms with Crippen molar-refractivity contribution in [3.63, 3.8) is 0 Å². The highest BCUT2D eigenvalue weighted by Gasteiger charge is 2.33. The Labute approximate surface area is 204 Å². The summed E-state index contributed by atoms with van der Waals surface area (Å²) >= 11 is 0. The molecule has 3 aromatic rings. The molecule has 184 valence electrons. The Kier molecular flexibility index (Phi) is 8.58. The second-order valence-corrected chi connectivity index (χ2v) is 9.55. The van der Waals surface area contributed by atoms with Crippen molar-refractivity contribution in [2.75, 3.05) is 13.7 Å². The van der Waals surface area contributed by atoms with E-state index in [1.165, 1.54) is 12.1 Å². The lowest BCUT2D eigenvalue weighted by Crippen LogP contribution is -2.47. The van der Waals surface area contributed by atoms with Gasteiger partial charge in [-0.05, 0) is 47.4 Å². The van der Waals surface area contributed by atoms with Crippen LogP contribution in [-0.2, 0) is 26.0 Å². The first kappa shape index (κ1) is 25.9. The Morgan fingerprint density at radius 3 is 2.09 bits per heavy atom. The van der Waals surface area contributed by atoms with Gasteiger partial charge in [-0.1, -0.05) is 59.1 Å². The van der Waals surface area contributed by atoms with Crippen LogP contribution in [0.25, 0.3) is 11.1 Å². The molecular weight excluding hydrogens is 470 g/mol. The molecule has 35 heavy (non-hydrogen) atoms. The van der Waals surface area contributed by atoms with Crippen molar-refractivity contribution >= 4 is 21.8 Å². The number of sulfonamides is 1. The van der Waals surface area contributed by atoms with Crippen molar-refractivity contribution in [1.29, 1.82) is 0 Å². The van der Waals surface area contributed by atoms with Gasteiger partial charge in [0.15, 0.2) is 0 Å². The summed E-state index contributed by atoms with van der Waals surface area (Å²) in [4.78, 5) is 23.8. The van der Waals surface area contributed by atoms with Crippen LogP contribution in [0.2, 0.25) is 0 Å². The van der Waals surface area contributed by atoms with Crippen LogP contribution in [0.1, 0.15) is 12.0 Å². The van der Waals surface area contributed by atoms with Crippen molar-refractivity contribution in [3.8, 4) is 16.9 Å². The maximum absolute atomic E-state index is 12.9. The molecule has 2 amide bonds. The molecule has 0 saturated carbocycles. The van der Waals surface area contributed by atoms with Gasteiger partial charge < -0.3 is 15.8 Å². The monoisotopic (exact) mass is 497 g/mol. The minimum absolute atomic E-state index is 0.0406. The van der Waals surface area contributed by atoms with Crippen molar-refractivity contribution in [2.24, 2.45) is 5.73 Å². The van der Waals surface area contributed by atoms with Crippen LogP contribution in [-0.4, -0.2) is 49.6 Å². The third-order valence-electron chi connectivity index (χ3n) is 5.36. The summed E-state index contributed by atoms with van der Waals surface area (Å²) in [7, 11) is -2.87. The Morgan fingerprint density at radius 1 is 0.971 bits per heavy atom. The van der Waals surface area contributed by atoms with E-state index < -0.39 is 22.0 Å². The van der Waals surface area contributed by atoms with Crippen molar-refractivity contribution in [1.82, 2.24) is 9.79 Å². The van der Waals surface area contributed by atoms with Crippen LogP contribution in [0, 0.1) is 0 Å². The highest BCUT2D eigenvalue weighted by atomic mass is 32.2. The molecular formula is C25H27N3O6S. The predicted octanol–water partition coefficient (Wildman–Crippen LogP) is 2.34. The average Bonchev–Trinajstić information content (AvgIpc) is 2.86. The first-order chi connectivity index (χ1) is 16.7. The summed E-state index contributed by atoms with van der Waals surface area (Å²) in [6, 6.07) is 20.6. The van der Waals surface area contributed by atoms with Gasteiger partial charge >= 0.3 is 0 Å². The van der Waals surface area contributed by atoms with Gasteiger partial charge in [-0.25, -0.2) is 8.42 Å². The highest BCUT2D eigenvalue weighted by Crippen LogP contribution is 2.25. The zero-order valence-corrected chi connectivity index (χ0v) is 19.9. The van der Waals surface area contributed by atoms with E-state index in [0.717, 1.165) is 16.7 Å². The van der Waals surface area contributed by atoms with Gasteiger partial charge in [-0.3, -0.25) is 14.8 Å². The van der Waals surface area contributed by atoms with Crippen molar-refractivity contribution in [2.45, 2.75) is 23.8 Å². The molecule has 0 aliphatic carbocycles.